The Bertz CT molecular complexity index is 1540. The highest BCUT2D eigenvalue weighted by Gasteiger charge is 2.47. The number of carbonyl (C=O) groups excluding carboxylic acids is 2. The first kappa shape index (κ1) is 31.0. The van der Waals surface area contributed by atoms with Crippen LogP contribution in [-0.2, 0) is 11.3 Å². The molecule has 224 valence electrons. The molecule has 2 aliphatic heterocycles. The first-order valence-corrected chi connectivity index (χ1v) is 15.6. The summed E-state index contributed by atoms with van der Waals surface area (Å²) >= 11 is 3.49. The largest absolute Gasteiger partial charge is 0.338 e. The van der Waals surface area contributed by atoms with Gasteiger partial charge >= 0.3 is 6.03 Å². The van der Waals surface area contributed by atoms with E-state index in [4.69, 9.17) is 0 Å². The van der Waals surface area contributed by atoms with Crippen LogP contribution in [0.25, 0.3) is 10.8 Å². The van der Waals surface area contributed by atoms with Gasteiger partial charge in [0.25, 0.3) is 0 Å². The summed E-state index contributed by atoms with van der Waals surface area (Å²) in [4.78, 5) is 31.2. The molecule has 0 aliphatic carbocycles. The third-order valence-electron chi connectivity index (χ3n) is 8.98. The Labute approximate surface area is 268 Å². The summed E-state index contributed by atoms with van der Waals surface area (Å²) in [7, 11) is 0. The number of likely N-dealkylation sites (tertiary alicyclic amines) is 2. The molecule has 0 saturated carbocycles. The van der Waals surface area contributed by atoms with Gasteiger partial charge in [0.1, 0.15) is 0 Å². The molecule has 1 unspecified atom stereocenters. The number of hydrogen-bond acceptors (Lipinski definition) is 3. The lowest BCUT2D eigenvalue weighted by Crippen LogP contribution is -2.45. The Morgan fingerprint density at radius 3 is 2.28 bits per heavy atom. The van der Waals surface area contributed by atoms with Gasteiger partial charge in [0.2, 0.25) is 5.91 Å². The number of anilines is 1. The highest BCUT2D eigenvalue weighted by molar-refractivity contribution is 9.10. The molecule has 43 heavy (non-hydrogen) atoms. The standard InChI is InChI=1S/C35H37BrN4O2.ClH/c36-29-15-13-26(14-16-29)25-40-24-20-35(33(40)41)18-22-39(23-19-35)21-17-31(28-8-2-1-3-9-28)37-34(42)38-32-12-6-10-27-7-4-5-11-30(27)32;/h1-16,31H,17-25H2,(H2,37,38,42);1H. The van der Waals surface area contributed by atoms with E-state index in [0.717, 1.165) is 78.4 Å². The molecule has 6 nitrogen and oxygen atoms in total. The summed E-state index contributed by atoms with van der Waals surface area (Å²) < 4.78 is 1.05. The lowest BCUT2D eigenvalue weighted by molar-refractivity contribution is -0.138. The van der Waals surface area contributed by atoms with Crippen LogP contribution in [0.4, 0.5) is 10.5 Å². The van der Waals surface area contributed by atoms with Crippen molar-refractivity contribution in [2.24, 2.45) is 5.41 Å². The molecule has 1 spiro atoms. The van der Waals surface area contributed by atoms with Gasteiger partial charge in [0, 0.05) is 29.5 Å². The molecule has 0 radical (unpaired) electrons. The van der Waals surface area contributed by atoms with E-state index in [-0.39, 0.29) is 29.9 Å². The zero-order valence-corrected chi connectivity index (χ0v) is 26.6. The molecule has 8 heteroatoms. The average Bonchev–Trinajstić information content (AvgIpc) is 3.31. The van der Waals surface area contributed by atoms with Crippen LogP contribution < -0.4 is 10.6 Å². The van der Waals surface area contributed by atoms with Crippen LogP contribution in [0.2, 0.25) is 0 Å². The molecule has 2 aliphatic rings. The van der Waals surface area contributed by atoms with Crippen molar-refractivity contribution in [3.8, 4) is 0 Å². The molecule has 4 aromatic rings. The number of fused-ring (bicyclic) bond motifs is 1. The minimum atomic E-state index is -0.221. The molecule has 3 amide bonds. The van der Waals surface area contributed by atoms with E-state index >= 15 is 0 Å². The van der Waals surface area contributed by atoms with Crippen molar-refractivity contribution < 1.29 is 9.59 Å². The van der Waals surface area contributed by atoms with Crippen molar-refractivity contribution in [2.75, 3.05) is 31.5 Å². The molecule has 2 saturated heterocycles. The predicted molar refractivity (Wildman–Crippen MR) is 179 cm³/mol. The molecule has 1 atom stereocenters. The highest BCUT2D eigenvalue weighted by atomic mass is 79.9. The Morgan fingerprint density at radius 2 is 1.51 bits per heavy atom. The van der Waals surface area contributed by atoms with E-state index in [1.807, 2.05) is 77.7 Å². The Hall–Kier alpha value is -3.39. The fraction of sp³-hybridized carbons (Fsp3) is 0.314. The maximum atomic E-state index is 13.5. The zero-order valence-electron chi connectivity index (χ0n) is 24.2. The summed E-state index contributed by atoms with van der Waals surface area (Å²) in [6, 6.07) is 32.1. The van der Waals surface area contributed by atoms with Crippen LogP contribution in [0.1, 0.15) is 42.9 Å². The third-order valence-corrected chi connectivity index (χ3v) is 9.51. The smallest absolute Gasteiger partial charge is 0.319 e. The van der Waals surface area contributed by atoms with Gasteiger partial charge in [-0.2, -0.15) is 0 Å². The number of rotatable bonds is 8. The Morgan fingerprint density at radius 1 is 0.837 bits per heavy atom. The highest BCUT2D eigenvalue weighted by Crippen LogP contribution is 2.42. The number of halogens is 2. The quantitative estimate of drug-likeness (QED) is 0.203. The lowest BCUT2D eigenvalue weighted by atomic mass is 9.77. The lowest BCUT2D eigenvalue weighted by Gasteiger charge is -2.38. The number of benzene rings is 4. The monoisotopic (exact) mass is 660 g/mol. The number of carbonyl (C=O) groups is 2. The summed E-state index contributed by atoms with van der Waals surface area (Å²) in [6.07, 6.45) is 3.53. The van der Waals surface area contributed by atoms with E-state index in [0.29, 0.717) is 12.5 Å². The average molecular weight is 662 g/mol. The van der Waals surface area contributed by atoms with Crippen LogP contribution in [0.5, 0.6) is 0 Å². The van der Waals surface area contributed by atoms with Gasteiger partial charge in [-0.15, -0.1) is 12.4 Å². The molecule has 4 aromatic carbocycles. The Balaban J connectivity index is 0.00000368. The first-order valence-electron chi connectivity index (χ1n) is 14.9. The fourth-order valence-electron chi connectivity index (χ4n) is 6.49. The first-order chi connectivity index (χ1) is 20.5. The second-order valence-corrected chi connectivity index (χ2v) is 12.5. The maximum absolute atomic E-state index is 13.5. The molecule has 0 aromatic heterocycles. The molecular weight excluding hydrogens is 624 g/mol. The van der Waals surface area contributed by atoms with Gasteiger partial charge in [-0.05, 0) is 73.5 Å². The van der Waals surface area contributed by atoms with Gasteiger partial charge in [-0.3, -0.25) is 4.79 Å². The van der Waals surface area contributed by atoms with Crippen molar-refractivity contribution in [3.05, 3.63) is 113 Å². The minimum Gasteiger partial charge on any atom is -0.338 e. The molecule has 6 rings (SSSR count). The van der Waals surface area contributed by atoms with Crippen molar-refractivity contribution >= 4 is 56.7 Å². The van der Waals surface area contributed by atoms with Gasteiger partial charge in [-0.1, -0.05) is 94.8 Å². The molecule has 2 N–H and O–H groups in total. The second-order valence-electron chi connectivity index (χ2n) is 11.6. The number of hydrogen-bond donors (Lipinski definition) is 2. The maximum Gasteiger partial charge on any atom is 0.319 e. The normalized spacial score (nSPS) is 17.0. The van der Waals surface area contributed by atoms with Crippen molar-refractivity contribution in [1.29, 1.82) is 0 Å². The second kappa shape index (κ2) is 13.9. The van der Waals surface area contributed by atoms with Crippen molar-refractivity contribution in [3.63, 3.8) is 0 Å². The third kappa shape index (κ3) is 7.23. The molecular formula is C35H38BrClN4O2. The molecule has 2 heterocycles. The summed E-state index contributed by atoms with van der Waals surface area (Å²) in [5, 5.41) is 8.42. The fourth-order valence-corrected chi connectivity index (χ4v) is 6.76. The Kier molecular flexibility index (Phi) is 10.1. The van der Waals surface area contributed by atoms with E-state index in [1.165, 1.54) is 5.56 Å². The van der Waals surface area contributed by atoms with Crippen molar-refractivity contribution in [2.45, 2.75) is 38.3 Å². The van der Waals surface area contributed by atoms with E-state index in [2.05, 4.69) is 55.7 Å². The van der Waals surface area contributed by atoms with E-state index < -0.39 is 0 Å². The number of nitrogens with one attached hydrogen (secondary N) is 2. The summed E-state index contributed by atoms with van der Waals surface area (Å²) in [5.74, 6) is 0.319. The summed E-state index contributed by atoms with van der Waals surface area (Å²) in [6.45, 7) is 4.19. The van der Waals surface area contributed by atoms with E-state index in [9.17, 15) is 9.59 Å². The van der Waals surface area contributed by atoms with Gasteiger partial charge in [0.15, 0.2) is 0 Å². The minimum absolute atomic E-state index is 0. The topological polar surface area (TPSA) is 64.7 Å². The van der Waals surface area contributed by atoms with Crippen molar-refractivity contribution in [1.82, 2.24) is 15.1 Å². The summed E-state index contributed by atoms with van der Waals surface area (Å²) in [5.41, 5.74) is 2.84. The van der Waals surface area contributed by atoms with Gasteiger partial charge in [0.05, 0.1) is 17.1 Å². The number of amides is 3. The van der Waals surface area contributed by atoms with Gasteiger partial charge in [-0.25, -0.2) is 4.79 Å². The van der Waals surface area contributed by atoms with Gasteiger partial charge < -0.3 is 20.4 Å². The van der Waals surface area contributed by atoms with Crippen LogP contribution in [0, 0.1) is 5.41 Å². The number of urea groups is 1. The van der Waals surface area contributed by atoms with Crippen LogP contribution in [-0.4, -0.2) is 47.9 Å². The molecule has 0 bridgehead atoms. The van der Waals surface area contributed by atoms with Crippen LogP contribution >= 0.6 is 28.3 Å². The SMILES string of the molecule is Cl.O=C(Nc1cccc2ccccc12)NC(CCN1CCC2(CC1)CCN(Cc1ccc(Br)cc1)C2=O)c1ccccc1. The zero-order chi connectivity index (χ0) is 28.9. The van der Waals surface area contributed by atoms with E-state index in [1.54, 1.807) is 0 Å². The van der Waals surface area contributed by atoms with Crippen LogP contribution in [0.15, 0.2) is 102 Å². The number of nitrogens with zero attached hydrogens (tertiary/aromatic N) is 2. The van der Waals surface area contributed by atoms with Crippen LogP contribution in [0.3, 0.4) is 0 Å². The predicted octanol–water partition coefficient (Wildman–Crippen LogP) is 7.79. The molecule has 2 fully saturated rings. The number of piperidine rings is 1.